The van der Waals surface area contributed by atoms with Crippen LogP contribution >= 0.6 is 0 Å². The zero-order valence-corrected chi connectivity index (χ0v) is 18.1. The largest absolute Gasteiger partial charge is 0.508 e. The Kier molecular flexibility index (Phi) is 4.90. The minimum absolute atomic E-state index is 0.207. The molecule has 0 atom stereocenters. The van der Waals surface area contributed by atoms with E-state index in [4.69, 9.17) is 14.5 Å². The lowest BCUT2D eigenvalue weighted by molar-refractivity contribution is 0.356. The van der Waals surface area contributed by atoms with E-state index in [0.717, 1.165) is 33.1 Å². The second kappa shape index (κ2) is 7.89. The summed E-state index contributed by atoms with van der Waals surface area (Å²) in [6.07, 6.45) is 0.709. The maximum atomic E-state index is 9.73. The molecule has 0 aliphatic heterocycles. The minimum atomic E-state index is 0.207. The van der Waals surface area contributed by atoms with Crippen LogP contribution in [0.5, 0.6) is 17.2 Å². The van der Waals surface area contributed by atoms with E-state index in [-0.39, 0.29) is 5.75 Å². The van der Waals surface area contributed by atoms with Gasteiger partial charge >= 0.3 is 0 Å². The summed E-state index contributed by atoms with van der Waals surface area (Å²) in [4.78, 5) is 4.89. The molecule has 6 nitrogen and oxygen atoms in total. The number of methoxy groups -OCH3 is 2. The molecule has 0 amide bonds. The first kappa shape index (κ1) is 19.9. The van der Waals surface area contributed by atoms with Crippen molar-refractivity contribution in [2.45, 2.75) is 13.3 Å². The predicted molar refractivity (Wildman–Crippen MR) is 126 cm³/mol. The molecular weight excluding hydrogens is 402 g/mol. The van der Waals surface area contributed by atoms with Crippen molar-refractivity contribution in [3.05, 3.63) is 77.5 Å². The van der Waals surface area contributed by atoms with Gasteiger partial charge in [0.05, 0.1) is 25.3 Å². The first-order chi connectivity index (χ1) is 15.6. The molecule has 5 aromatic rings. The lowest BCUT2D eigenvalue weighted by Crippen LogP contribution is -1.95. The molecule has 0 fully saturated rings. The van der Waals surface area contributed by atoms with Crippen LogP contribution in [0.1, 0.15) is 16.8 Å². The Morgan fingerprint density at radius 3 is 2.19 bits per heavy atom. The summed E-state index contributed by atoms with van der Waals surface area (Å²) in [7, 11) is 3.25. The van der Waals surface area contributed by atoms with Crippen molar-refractivity contribution in [3.8, 4) is 28.5 Å². The third-order valence-corrected chi connectivity index (χ3v) is 5.73. The molecule has 5 rings (SSSR count). The van der Waals surface area contributed by atoms with Crippen molar-refractivity contribution >= 4 is 21.8 Å². The molecule has 0 spiro atoms. The zero-order chi connectivity index (χ0) is 22.2. The van der Waals surface area contributed by atoms with Gasteiger partial charge in [0.15, 0.2) is 17.1 Å². The summed E-state index contributed by atoms with van der Waals surface area (Å²) in [5.41, 5.74) is 5.69. The van der Waals surface area contributed by atoms with Gasteiger partial charge < -0.3 is 14.6 Å². The number of nitrogens with one attached hydrogen (secondary N) is 1. The maximum Gasteiger partial charge on any atom is 0.182 e. The van der Waals surface area contributed by atoms with Crippen LogP contribution < -0.4 is 9.47 Å². The van der Waals surface area contributed by atoms with Gasteiger partial charge in [-0.3, -0.25) is 5.10 Å². The molecule has 32 heavy (non-hydrogen) atoms. The Balaban J connectivity index is 1.78. The number of phenols is 1. The van der Waals surface area contributed by atoms with Crippen LogP contribution in [0.4, 0.5) is 0 Å². The molecule has 0 unspecified atom stereocenters. The van der Waals surface area contributed by atoms with E-state index in [2.05, 4.69) is 41.4 Å². The normalized spacial score (nSPS) is 11.2. The van der Waals surface area contributed by atoms with Gasteiger partial charge in [0, 0.05) is 28.5 Å². The fourth-order valence-electron chi connectivity index (χ4n) is 4.06. The number of aromatic nitrogens is 3. The van der Waals surface area contributed by atoms with E-state index < -0.39 is 0 Å². The number of hydrogen-bond donors (Lipinski definition) is 2. The summed E-state index contributed by atoms with van der Waals surface area (Å²) in [6, 6.07) is 19.4. The van der Waals surface area contributed by atoms with Gasteiger partial charge in [-0.2, -0.15) is 5.10 Å². The van der Waals surface area contributed by atoms with Gasteiger partial charge in [0.1, 0.15) is 5.75 Å². The van der Waals surface area contributed by atoms with Gasteiger partial charge in [-0.25, -0.2) is 4.98 Å². The van der Waals surface area contributed by atoms with E-state index in [1.807, 2.05) is 24.3 Å². The van der Waals surface area contributed by atoms with Crippen molar-refractivity contribution in [3.63, 3.8) is 0 Å². The Labute approximate surface area is 185 Å². The number of aromatic hydroxyl groups is 1. The number of rotatable bonds is 5. The zero-order valence-electron chi connectivity index (χ0n) is 18.1. The highest BCUT2D eigenvalue weighted by molar-refractivity contribution is 6.12. The van der Waals surface area contributed by atoms with Gasteiger partial charge in [-0.1, -0.05) is 29.8 Å². The number of benzene rings is 3. The Bertz CT molecular complexity index is 1420. The SMILES string of the molecule is COc1cc2c(-c3ccc(O)cc3)nc3n[nH]c(Cc4ccc(C)cc4)c3c2cc1OC. The van der Waals surface area contributed by atoms with Crippen LogP contribution in [0.2, 0.25) is 0 Å². The summed E-state index contributed by atoms with van der Waals surface area (Å²) in [6.45, 7) is 2.08. The van der Waals surface area contributed by atoms with Crippen LogP contribution in [0, 0.1) is 6.92 Å². The number of aromatic amines is 1. The highest BCUT2D eigenvalue weighted by Gasteiger charge is 2.19. The molecule has 2 heterocycles. The number of pyridine rings is 1. The summed E-state index contributed by atoms with van der Waals surface area (Å²) < 4.78 is 11.2. The van der Waals surface area contributed by atoms with E-state index in [1.165, 1.54) is 11.1 Å². The van der Waals surface area contributed by atoms with Crippen molar-refractivity contribution in [1.82, 2.24) is 15.2 Å². The molecule has 0 aliphatic carbocycles. The van der Waals surface area contributed by atoms with Crippen molar-refractivity contribution in [2.75, 3.05) is 14.2 Å². The molecule has 0 saturated heterocycles. The number of ether oxygens (including phenoxy) is 2. The van der Waals surface area contributed by atoms with Gasteiger partial charge in [-0.15, -0.1) is 0 Å². The maximum absolute atomic E-state index is 9.73. The number of fused-ring (bicyclic) bond motifs is 3. The molecule has 2 aromatic heterocycles. The van der Waals surface area contributed by atoms with Crippen molar-refractivity contribution < 1.29 is 14.6 Å². The number of phenolic OH excluding ortho intramolecular Hbond substituents is 1. The Hall–Kier alpha value is -4.06. The average Bonchev–Trinajstić information content (AvgIpc) is 3.22. The number of hydrogen-bond acceptors (Lipinski definition) is 5. The summed E-state index contributed by atoms with van der Waals surface area (Å²) >= 11 is 0. The van der Waals surface area contributed by atoms with Crippen LogP contribution in [0.3, 0.4) is 0 Å². The fourth-order valence-corrected chi connectivity index (χ4v) is 4.06. The smallest absolute Gasteiger partial charge is 0.182 e. The molecule has 0 aliphatic rings. The Morgan fingerprint density at radius 2 is 1.53 bits per heavy atom. The molecule has 0 bridgehead atoms. The van der Waals surface area contributed by atoms with E-state index >= 15 is 0 Å². The highest BCUT2D eigenvalue weighted by atomic mass is 16.5. The molecule has 0 radical (unpaired) electrons. The lowest BCUT2D eigenvalue weighted by atomic mass is 9.98. The first-order valence-corrected chi connectivity index (χ1v) is 10.3. The van der Waals surface area contributed by atoms with Crippen molar-refractivity contribution in [1.29, 1.82) is 0 Å². The van der Waals surface area contributed by atoms with E-state index in [0.29, 0.717) is 23.6 Å². The highest BCUT2D eigenvalue weighted by Crippen LogP contribution is 2.40. The number of nitrogens with zero attached hydrogens (tertiary/aromatic N) is 2. The van der Waals surface area contributed by atoms with Gasteiger partial charge in [0.2, 0.25) is 0 Å². The lowest BCUT2D eigenvalue weighted by Gasteiger charge is -2.13. The van der Waals surface area contributed by atoms with Crippen LogP contribution in [0.25, 0.3) is 33.1 Å². The monoisotopic (exact) mass is 425 g/mol. The van der Waals surface area contributed by atoms with E-state index in [1.54, 1.807) is 26.4 Å². The number of aryl methyl sites for hydroxylation is 1. The fraction of sp³-hybridized carbons (Fsp3) is 0.154. The topological polar surface area (TPSA) is 80.3 Å². The first-order valence-electron chi connectivity index (χ1n) is 10.3. The van der Waals surface area contributed by atoms with Crippen LogP contribution in [-0.4, -0.2) is 34.5 Å². The molecule has 160 valence electrons. The Morgan fingerprint density at radius 1 is 0.875 bits per heavy atom. The van der Waals surface area contributed by atoms with Gasteiger partial charge in [0.25, 0.3) is 0 Å². The molecule has 0 saturated carbocycles. The minimum Gasteiger partial charge on any atom is -0.508 e. The molecule has 2 N–H and O–H groups in total. The third kappa shape index (κ3) is 3.39. The van der Waals surface area contributed by atoms with Gasteiger partial charge in [-0.05, 0) is 48.9 Å². The second-order valence-corrected chi connectivity index (χ2v) is 7.82. The van der Waals surface area contributed by atoms with Crippen molar-refractivity contribution in [2.24, 2.45) is 0 Å². The molecule has 3 aromatic carbocycles. The summed E-state index contributed by atoms with van der Waals surface area (Å²) in [5, 5.41) is 20.3. The van der Waals surface area contributed by atoms with Crippen LogP contribution in [-0.2, 0) is 6.42 Å². The van der Waals surface area contributed by atoms with Crippen LogP contribution in [0.15, 0.2) is 60.7 Å². The number of H-pyrrole nitrogens is 1. The second-order valence-electron chi connectivity index (χ2n) is 7.82. The molecular formula is C26H23N3O3. The third-order valence-electron chi connectivity index (χ3n) is 5.73. The molecule has 6 heteroatoms. The predicted octanol–water partition coefficient (Wildman–Crippen LogP) is 5.40. The average molecular weight is 425 g/mol. The van der Waals surface area contributed by atoms with E-state index in [9.17, 15) is 5.11 Å². The quantitative estimate of drug-likeness (QED) is 0.394. The summed E-state index contributed by atoms with van der Waals surface area (Å²) in [5.74, 6) is 1.48. The standard InChI is InChI=1S/C26H23N3O3/c1-15-4-6-16(7-5-15)12-21-24-19-13-22(31-2)23(32-3)14-20(19)25(27-26(24)29-28-21)17-8-10-18(30)11-9-17/h4-11,13-14,30H,12H2,1-3H3,(H,27,28,29).